The molecule has 1 heterocycles. The fourth-order valence-corrected chi connectivity index (χ4v) is 2.57. The Bertz CT molecular complexity index is 914. The molecule has 0 radical (unpaired) electrons. The van der Waals surface area contributed by atoms with Crippen molar-refractivity contribution in [2.24, 2.45) is 0 Å². The van der Waals surface area contributed by atoms with Gasteiger partial charge in [0, 0.05) is 30.4 Å². The lowest BCUT2D eigenvalue weighted by molar-refractivity contribution is -0.116. The number of hydrogen-bond acceptors (Lipinski definition) is 3. The topological polar surface area (TPSA) is 91.6 Å². The molecule has 122 valence electrons. The summed E-state index contributed by atoms with van der Waals surface area (Å²) < 4.78 is 1.99. The fraction of sp³-hybridized carbons (Fsp3) is 0.111. The van der Waals surface area contributed by atoms with Crippen molar-refractivity contribution in [2.75, 3.05) is 5.32 Å². The summed E-state index contributed by atoms with van der Waals surface area (Å²) >= 11 is 0. The number of amides is 1. The van der Waals surface area contributed by atoms with Crippen LogP contribution >= 0.6 is 0 Å². The zero-order chi connectivity index (χ0) is 17.1. The van der Waals surface area contributed by atoms with Crippen LogP contribution in [0.4, 0.5) is 5.69 Å². The molecule has 0 saturated heterocycles. The number of nitrogens with one attached hydrogen (secondary N) is 1. The molecule has 6 nitrogen and oxygen atoms in total. The van der Waals surface area contributed by atoms with Crippen LogP contribution in [0.5, 0.6) is 5.75 Å². The summed E-state index contributed by atoms with van der Waals surface area (Å²) in [5.41, 5.74) is 1.15. The van der Waals surface area contributed by atoms with E-state index in [2.05, 4.69) is 5.32 Å². The van der Waals surface area contributed by atoms with Crippen LogP contribution in [0.1, 0.15) is 16.8 Å². The second-order valence-electron chi connectivity index (χ2n) is 5.40. The SMILES string of the molecule is O=C(CCn1ccc2ccccc21)Nc1ccc(O)c(C(=O)O)c1. The van der Waals surface area contributed by atoms with Crippen molar-refractivity contribution in [3.63, 3.8) is 0 Å². The van der Waals surface area contributed by atoms with Crippen molar-refractivity contribution in [1.29, 1.82) is 0 Å². The highest BCUT2D eigenvalue weighted by molar-refractivity contribution is 5.95. The molecule has 0 spiro atoms. The number of aromatic hydroxyl groups is 1. The number of para-hydroxylation sites is 1. The largest absolute Gasteiger partial charge is 0.507 e. The number of nitrogens with zero attached hydrogens (tertiary/aromatic N) is 1. The summed E-state index contributed by atoms with van der Waals surface area (Å²) in [6, 6.07) is 13.9. The number of aryl methyl sites for hydroxylation is 1. The first-order valence-corrected chi connectivity index (χ1v) is 7.44. The van der Waals surface area contributed by atoms with Crippen molar-refractivity contribution in [3.05, 3.63) is 60.3 Å². The molecule has 0 aliphatic carbocycles. The minimum Gasteiger partial charge on any atom is -0.507 e. The van der Waals surface area contributed by atoms with Gasteiger partial charge in [0.25, 0.3) is 0 Å². The Hall–Kier alpha value is -3.28. The summed E-state index contributed by atoms with van der Waals surface area (Å²) in [6.07, 6.45) is 2.18. The van der Waals surface area contributed by atoms with Gasteiger partial charge in [-0.2, -0.15) is 0 Å². The summed E-state index contributed by atoms with van der Waals surface area (Å²) in [4.78, 5) is 23.1. The van der Waals surface area contributed by atoms with Crippen molar-refractivity contribution >= 4 is 28.5 Å². The molecule has 1 amide bonds. The number of carbonyl (C=O) groups is 2. The Morgan fingerprint density at radius 3 is 2.67 bits per heavy atom. The molecular formula is C18H16N2O4. The summed E-state index contributed by atoms with van der Waals surface area (Å²) in [6.45, 7) is 0.517. The number of aromatic nitrogens is 1. The first kappa shape index (κ1) is 15.6. The van der Waals surface area contributed by atoms with Gasteiger partial charge in [-0.05, 0) is 35.7 Å². The predicted octanol–water partition coefficient (Wildman–Crippen LogP) is 3.07. The molecule has 0 fully saturated rings. The Labute approximate surface area is 138 Å². The van der Waals surface area contributed by atoms with Crippen LogP contribution in [0, 0.1) is 0 Å². The van der Waals surface area contributed by atoms with E-state index in [1.54, 1.807) is 0 Å². The van der Waals surface area contributed by atoms with E-state index in [1.165, 1.54) is 18.2 Å². The number of benzene rings is 2. The Kier molecular flexibility index (Phi) is 4.20. The number of anilines is 1. The number of rotatable bonds is 5. The van der Waals surface area contributed by atoms with Gasteiger partial charge in [-0.15, -0.1) is 0 Å². The van der Waals surface area contributed by atoms with Gasteiger partial charge in [-0.3, -0.25) is 4.79 Å². The lowest BCUT2D eigenvalue weighted by Crippen LogP contribution is -2.14. The van der Waals surface area contributed by atoms with Gasteiger partial charge in [0.1, 0.15) is 11.3 Å². The second kappa shape index (κ2) is 6.45. The lowest BCUT2D eigenvalue weighted by atomic mass is 10.1. The number of carboxylic acids is 1. The quantitative estimate of drug-likeness (QED) is 0.629. The minimum atomic E-state index is -1.25. The Balaban J connectivity index is 1.66. The lowest BCUT2D eigenvalue weighted by Gasteiger charge is -2.08. The molecule has 3 N–H and O–H groups in total. The van der Waals surface area contributed by atoms with E-state index >= 15 is 0 Å². The maximum Gasteiger partial charge on any atom is 0.339 e. The maximum absolute atomic E-state index is 12.1. The Morgan fingerprint density at radius 1 is 1.08 bits per heavy atom. The van der Waals surface area contributed by atoms with Crippen LogP contribution in [0.25, 0.3) is 10.9 Å². The molecule has 24 heavy (non-hydrogen) atoms. The van der Waals surface area contributed by atoms with Crippen molar-refractivity contribution in [2.45, 2.75) is 13.0 Å². The molecule has 0 saturated carbocycles. The first-order valence-electron chi connectivity index (χ1n) is 7.44. The molecule has 6 heteroatoms. The van der Waals surface area contributed by atoms with E-state index in [1.807, 2.05) is 41.1 Å². The molecule has 0 atom stereocenters. The minimum absolute atomic E-state index is 0.227. The van der Waals surface area contributed by atoms with E-state index < -0.39 is 5.97 Å². The van der Waals surface area contributed by atoms with Gasteiger partial charge in [0.15, 0.2) is 0 Å². The van der Waals surface area contributed by atoms with Crippen molar-refractivity contribution < 1.29 is 19.8 Å². The molecule has 0 bridgehead atoms. The molecule has 3 rings (SSSR count). The standard InChI is InChI=1S/C18H16N2O4/c21-16-6-5-13(11-14(16)18(23)24)19-17(22)8-10-20-9-7-12-3-1-2-4-15(12)20/h1-7,9,11,21H,8,10H2,(H,19,22)(H,23,24). The summed E-state index contributed by atoms with van der Waals surface area (Å²) in [5.74, 6) is -1.81. The van der Waals surface area contributed by atoms with E-state index in [9.17, 15) is 14.7 Å². The molecule has 3 aromatic rings. The van der Waals surface area contributed by atoms with E-state index in [0.29, 0.717) is 12.2 Å². The predicted molar refractivity (Wildman–Crippen MR) is 90.3 cm³/mol. The zero-order valence-corrected chi connectivity index (χ0v) is 12.8. The average Bonchev–Trinajstić information content (AvgIpc) is 2.98. The van der Waals surface area contributed by atoms with E-state index in [4.69, 9.17) is 5.11 Å². The zero-order valence-electron chi connectivity index (χ0n) is 12.8. The smallest absolute Gasteiger partial charge is 0.339 e. The molecule has 2 aromatic carbocycles. The molecule has 0 aliphatic heterocycles. The van der Waals surface area contributed by atoms with Crippen molar-refractivity contribution in [3.8, 4) is 5.75 Å². The third kappa shape index (κ3) is 3.22. The number of phenols is 1. The number of carbonyl (C=O) groups excluding carboxylic acids is 1. The molecule has 0 unspecified atom stereocenters. The van der Waals surface area contributed by atoms with E-state index in [-0.39, 0.29) is 23.6 Å². The van der Waals surface area contributed by atoms with Crippen LogP contribution in [-0.2, 0) is 11.3 Å². The third-order valence-corrected chi connectivity index (χ3v) is 3.77. The molecule has 0 aliphatic rings. The van der Waals surface area contributed by atoms with Crippen molar-refractivity contribution in [1.82, 2.24) is 4.57 Å². The summed E-state index contributed by atoms with van der Waals surface area (Å²) in [5, 5.41) is 22.2. The highest BCUT2D eigenvalue weighted by atomic mass is 16.4. The summed E-state index contributed by atoms with van der Waals surface area (Å²) in [7, 11) is 0. The number of fused-ring (bicyclic) bond motifs is 1. The van der Waals surface area contributed by atoms with Crippen LogP contribution in [0.2, 0.25) is 0 Å². The monoisotopic (exact) mass is 324 g/mol. The Morgan fingerprint density at radius 2 is 1.88 bits per heavy atom. The molecular weight excluding hydrogens is 308 g/mol. The normalized spacial score (nSPS) is 10.7. The number of carboxylic acid groups (broad SMARTS) is 1. The first-order chi connectivity index (χ1) is 11.5. The van der Waals surface area contributed by atoms with Gasteiger partial charge >= 0.3 is 5.97 Å². The second-order valence-corrected chi connectivity index (χ2v) is 5.40. The van der Waals surface area contributed by atoms with Crippen LogP contribution < -0.4 is 5.32 Å². The third-order valence-electron chi connectivity index (χ3n) is 3.77. The fourth-order valence-electron chi connectivity index (χ4n) is 2.57. The maximum atomic E-state index is 12.1. The van der Waals surface area contributed by atoms with Crippen LogP contribution in [-0.4, -0.2) is 26.7 Å². The molecule has 1 aromatic heterocycles. The number of aromatic carboxylic acids is 1. The van der Waals surface area contributed by atoms with Gasteiger partial charge in [0.05, 0.1) is 0 Å². The van der Waals surface area contributed by atoms with E-state index in [0.717, 1.165) is 10.9 Å². The van der Waals surface area contributed by atoms with Crippen LogP contribution in [0.15, 0.2) is 54.7 Å². The highest BCUT2D eigenvalue weighted by Crippen LogP contribution is 2.21. The van der Waals surface area contributed by atoms with Gasteiger partial charge in [0.2, 0.25) is 5.91 Å². The van der Waals surface area contributed by atoms with Gasteiger partial charge < -0.3 is 20.1 Å². The number of hydrogen-bond donors (Lipinski definition) is 3. The van der Waals surface area contributed by atoms with Gasteiger partial charge in [-0.1, -0.05) is 18.2 Å². The average molecular weight is 324 g/mol. The van der Waals surface area contributed by atoms with Crippen LogP contribution in [0.3, 0.4) is 0 Å². The highest BCUT2D eigenvalue weighted by Gasteiger charge is 2.11. The van der Waals surface area contributed by atoms with Gasteiger partial charge in [-0.25, -0.2) is 4.79 Å².